The molecule has 1 heterocycles. The fourth-order valence-corrected chi connectivity index (χ4v) is 3.58. The Kier molecular flexibility index (Phi) is 6.08. The van der Waals surface area contributed by atoms with Gasteiger partial charge in [0.05, 0.1) is 11.4 Å². The minimum absolute atomic E-state index is 0.295. The molecule has 1 atom stereocenters. The van der Waals surface area contributed by atoms with Gasteiger partial charge in [-0.2, -0.15) is 0 Å². The van der Waals surface area contributed by atoms with E-state index in [1.54, 1.807) is 11.9 Å². The Labute approximate surface area is 181 Å². The molecule has 3 amide bonds. The van der Waals surface area contributed by atoms with Gasteiger partial charge in [0, 0.05) is 24.7 Å². The highest BCUT2D eigenvalue weighted by Crippen LogP contribution is 2.27. The Hall–Kier alpha value is -3.93. The molecular weight excluding hydrogens is 388 g/mol. The summed E-state index contributed by atoms with van der Waals surface area (Å²) in [5, 5.41) is 5.55. The quantitative estimate of drug-likeness (QED) is 0.674. The first-order chi connectivity index (χ1) is 15.1. The Bertz CT molecular complexity index is 1100. The van der Waals surface area contributed by atoms with Crippen LogP contribution in [0.3, 0.4) is 0 Å². The number of nitrogens with one attached hydrogen (secondary N) is 2. The van der Waals surface area contributed by atoms with Crippen LogP contribution in [0.1, 0.15) is 16.7 Å². The molecule has 31 heavy (non-hydrogen) atoms. The first-order valence-corrected chi connectivity index (χ1v) is 10.2. The van der Waals surface area contributed by atoms with Crippen LogP contribution >= 0.6 is 0 Å². The molecular formula is C25H24N4O2. The zero-order valence-corrected chi connectivity index (χ0v) is 17.3. The van der Waals surface area contributed by atoms with Crippen LogP contribution in [0.4, 0.5) is 10.5 Å². The lowest BCUT2D eigenvalue weighted by molar-refractivity contribution is -0.119. The standard InChI is InChI=1S/C25H24N4O2/c1-29-21-15-9-8-14-20(21)22(19-12-6-3-7-13-19)27-23(24(29)30)28-25(31)26-17-16-18-10-4-2-5-11-18/h2-15,23H,16-17H2,1H3,(H2,26,28,31). The highest BCUT2D eigenvalue weighted by Gasteiger charge is 2.30. The number of hydrogen-bond acceptors (Lipinski definition) is 3. The van der Waals surface area contributed by atoms with Crippen molar-refractivity contribution in [2.24, 2.45) is 4.99 Å². The van der Waals surface area contributed by atoms with Crippen LogP contribution in [0.15, 0.2) is 89.9 Å². The van der Waals surface area contributed by atoms with E-state index >= 15 is 0 Å². The Morgan fingerprint density at radius 3 is 2.32 bits per heavy atom. The minimum atomic E-state index is -1.02. The monoisotopic (exact) mass is 412 g/mol. The SMILES string of the molecule is CN1C(=O)C(NC(=O)NCCc2ccccc2)N=C(c2ccccc2)c2ccccc21. The fraction of sp³-hybridized carbons (Fsp3) is 0.160. The van der Waals surface area contributed by atoms with Gasteiger partial charge in [-0.15, -0.1) is 0 Å². The molecule has 6 heteroatoms. The maximum Gasteiger partial charge on any atom is 0.316 e. The Morgan fingerprint density at radius 1 is 0.935 bits per heavy atom. The zero-order valence-electron chi connectivity index (χ0n) is 17.3. The summed E-state index contributed by atoms with van der Waals surface area (Å²) >= 11 is 0. The number of amides is 3. The van der Waals surface area contributed by atoms with E-state index in [4.69, 9.17) is 0 Å². The van der Waals surface area contributed by atoms with Crippen LogP contribution in [0.2, 0.25) is 0 Å². The van der Waals surface area contributed by atoms with Crippen LogP contribution in [-0.2, 0) is 11.2 Å². The molecule has 1 aliphatic rings. The molecule has 3 aromatic rings. The normalized spacial score (nSPS) is 15.5. The van der Waals surface area contributed by atoms with E-state index in [1.165, 1.54) is 0 Å². The second-order valence-electron chi connectivity index (χ2n) is 7.30. The molecule has 1 aliphatic heterocycles. The van der Waals surface area contributed by atoms with Gasteiger partial charge in [0.1, 0.15) is 0 Å². The average molecular weight is 412 g/mol. The summed E-state index contributed by atoms with van der Waals surface area (Å²) in [6.45, 7) is 0.460. The number of fused-ring (bicyclic) bond motifs is 1. The summed E-state index contributed by atoms with van der Waals surface area (Å²) in [7, 11) is 1.70. The molecule has 4 rings (SSSR count). The van der Waals surface area contributed by atoms with E-state index in [-0.39, 0.29) is 5.91 Å². The number of benzodiazepines with no additional fused rings is 1. The van der Waals surface area contributed by atoms with Crippen molar-refractivity contribution in [3.05, 3.63) is 102 Å². The van der Waals surface area contributed by atoms with Crippen LogP contribution in [0.25, 0.3) is 0 Å². The number of hydrogen-bond donors (Lipinski definition) is 2. The molecule has 6 nitrogen and oxygen atoms in total. The van der Waals surface area contributed by atoms with Crippen molar-refractivity contribution in [3.63, 3.8) is 0 Å². The van der Waals surface area contributed by atoms with Gasteiger partial charge in [0.2, 0.25) is 6.17 Å². The Balaban J connectivity index is 1.55. The van der Waals surface area contributed by atoms with Gasteiger partial charge in [-0.05, 0) is 18.1 Å². The maximum atomic E-state index is 13.1. The molecule has 2 N–H and O–H groups in total. The first-order valence-electron chi connectivity index (χ1n) is 10.2. The maximum absolute atomic E-state index is 13.1. The van der Waals surface area contributed by atoms with Gasteiger partial charge in [0.15, 0.2) is 0 Å². The molecule has 156 valence electrons. The summed E-state index contributed by atoms with van der Waals surface area (Å²) in [5.41, 5.74) is 4.29. The van der Waals surface area contributed by atoms with E-state index in [1.807, 2.05) is 84.9 Å². The number of anilines is 1. The van der Waals surface area contributed by atoms with E-state index in [9.17, 15) is 9.59 Å². The van der Waals surface area contributed by atoms with E-state index in [2.05, 4.69) is 15.6 Å². The van der Waals surface area contributed by atoms with Crippen molar-refractivity contribution in [2.75, 3.05) is 18.5 Å². The van der Waals surface area contributed by atoms with Gasteiger partial charge in [-0.1, -0.05) is 78.9 Å². The number of nitrogens with zero attached hydrogens (tertiary/aromatic N) is 2. The van der Waals surface area contributed by atoms with E-state index < -0.39 is 12.2 Å². The lowest BCUT2D eigenvalue weighted by atomic mass is 10.0. The molecule has 0 aromatic heterocycles. The number of benzene rings is 3. The van der Waals surface area contributed by atoms with Gasteiger partial charge in [-0.25, -0.2) is 9.79 Å². The molecule has 0 radical (unpaired) electrons. The lowest BCUT2D eigenvalue weighted by Crippen LogP contribution is -2.49. The van der Waals surface area contributed by atoms with Crippen LogP contribution in [0, 0.1) is 0 Å². The smallest absolute Gasteiger partial charge is 0.316 e. The average Bonchev–Trinajstić information content (AvgIpc) is 2.91. The van der Waals surface area contributed by atoms with Crippen molar-refractivity contribution in [1.29, 1.82) is 0 Å². The summed E-state index contributed by atoms with van der Waals surface area (Å²) in [5.74, 6) is -0.295. The molecule has 0 saturated heterocycles. The van der Waals surface area contributed by atoms with E-state index in [0.29, 0.717) is 18.7 Å². The number of aliphatic imine (C=N–C) groups is 1. The number of carbonyl (C=O) groups excluding carboxylic acids is 2. The highest BCUT2D eigenvalue weighted by molar-refractivity contribution is 6.20. The zero-order chi connectivity index (χ0) is 21.6. The predicted molar refractivity (Wildman–Crippen MR) is 122 cm³/mol. The minimum Gasteiger partial charge on any atom is -0.338 e. The number of likely N-dealkylation sites (N-methyl/N-ethyl adjacent to an activating group) is 1. The third kappa shape index (κ3) is 4.64. The molecule has 3 aromatic carbocycles. The van der Waals surface area contributed by atoms with Gasteiger partial charge in [-0.3, -0.25) is 4.79 Å². The van der Waals surface area contributed by atoms with Gasteiger partial charge >= 0.3 is 6.03 Å². The number of carbonyl (C=O) groups is 2. The topological polar surface area (TPSA) is 73.8 Å². The molecule has 0 bridgehead atoms. The molecule has 0 aliphatic carbocycles. The van der Waals surface area contributed by atoms with Crippen molar-refractivity contribution < 1.29 is 9.59 Å². The Morgan fingerprint density at radius 2 is 1.58 bits per heavy atom. The predicted octanol–water partition coefficient (Wildman–Crippen LogP) is 3.37. The number of rotatable bonds is 5. The lowest BCUT2D eigenvalue weighted by Gasteiger charge is -2.21. The van der Waals surface area contributed by atoms with Crippen molar-refractivity contribution in [3.8, 4) is 0 Å². The first kappa shape index (κ1) is 20.3. The number of urea groups is 1. The van der Waals surface area contributed by atoms with Crippen molar-refractivity contribution >= 4 is 23.3 Å². The van der Waals surface area contributed by atoms with Crippen LogP contribution < -0.4 is 15.5 Å². The van der Waals surface area contributed by atoms with Crippen molar-refractivity contribution in [1.82, 2.24) is 10.6 Å². The largest absolute Gasteiger partial charge is 0.338 e. The third-order valence-electron chi connectivity index (χ3n) is 5.20. The van der Waals surface area contributed by atoms with Crippen LogP contribution in [0.5, 0.6) is 0 Å². The molecule has 1 unspecified atom stereocenters. The molecule has 0 saturated carbocycles. The third-order valence-corrected chi connectivity index (χ3v) is 5.20. The fourth-order valence-electron chi connectivity index (χ4n) is 3.58. The highest BCUT2D eigenvalue weighted by atomic mass is 16.2. The van der Waals surface area contributed by atoms with E-state index in [0.717, 1.165) is 22.4 Å². The van der Waals surface area contributed by atoms with Gasteiger partial charge < -0.3 is 15.5 Å². The summed E-state index contributed by atoms with van der Waals surface area (Å²) in [6, 6.07) is 26.8. The van der Waals surface area contributed by atoms with Crippen LogP contribution in [-0.4, -0.2) is 37.4 Å². The second-order valence-corrected chi connectivity index (χ2v) is 7.30. The number of para-hydroxylation sites is 1. The summed E-state index contributed by atoms with van der Waals surface area (Å²) in [6.07, 6.45) is -0.319. The van der Waals surface area contributed by atoms with Crippen molar-refractivity contribution in [2.45, 2.75) is 12.6 Å². The second kappa shape index (κ2) is 9.26. The molecule has 0 fully saturated rings. The summed E-state index contributed by atoms with van der Waals surface area (Å²) in [4.78, 5) is 31.8. The van der Waals surface area contributed by atoms with Gasteiger partial charge in [0.25, 0.3) is 5.91 Å². The summed E-state index contributed by atoms with van der Waals surface area (Å²) < 4.78 is 0. The molecule has 0 spiro atoms.